The van der Waals surface area contributed by atoms with E-state index in [1.54, 1.807) is 13.2 Å². The van der Waals surface area contributed by atoms with E-state index in [1.165, 1.54) is 11.3 Å². The quantitative estimate of drug-likeness (QED) is 0.597. The van der Waals surface area contributed by atoms with Gasteiger partial charge >= 0.3 is 0 Å². The van der Waals surface area contributed by atoms with Crippen LogP contribution in [-0.4, -0.2) is 22.4 Å². The molecule has 0 radical (unpaired) electrons. The van der Waals surface area contributed by atoms with E-state index < -0.39 is 0 Å². The summed E-state index contributed by atoms with van der Waals surface area (Å²) in [5.41, 5.74) is 3.12. The van der Waals surface area contributed by atoms with E-state index in [2.05, 4.69) is 10.3 Å². The van der Waals surface area contributed by atoms with Gasteiger partial charge in [0.2, 0.25) is 0 Å². The molecule has 0 aliphatic heterocycles. The number of carbonyl (C=O) groups is 1. The molecule has 4 aromatic rings. The topological polar surface area (TPSA) is 55.6 Å². The van der Waals surface area contributed by atoms with Gasteiger partial charge < -0.3 is 10.1 Å². The number of amides is 1. The van der Waals surface area contributed by atoms with Crippen LogP contribution in [0, 0.1) is 0 Å². The molecule has 124 valence electrons. The normalized spacial score (nSPS) is 10.8. The maximum atomic E-state index is 12.6. The van der Waals surface area contributed by atoms with Gasteiger partial charge in [0.1, 0.15) is 11.4 Å². The highest BCUT2D eigenvalue weighted by Crippen LogP contribution is 2.24. The second-order valence-corrected chi connectivity index (χ2v) is 6.29. The molecule has 1 amide bonds. The minimum Gasteiger partial charge on any atom is -0.497 e. The minimum absolute atomic E-state index is 0.184. The Balaban J connectivity index is 1.64. The molecule has 0 spiro atoms. The predicted octanol–water partition coefficient (Wildman–Crippen LogP) is 4.32. The van der Waals surface area contributed by atoms with Crippen LogP contribution in [0.5, 0.6) is 5.75 Å². The number of hydrogen-bond acceptors (Lipinski definition) is 4. The Labute approximate surface area is 148 Å². The molecule has 0 aliphatic rings. The van der Waals surface area contributed by atoms with Crippen molar-refractivity contribution < 1.29 is 9.53 Å². The second-order valence-electron chi connectivity index (χ2n) is 5.45. The molecule has 0 bridgehead atoms. The molecule has 0 fully saturated rings. The second kappa shape index (κ2) is 6.41. The zero-order valence-electron chi connectivity index (χ0n) is 13.5. The molecule has 2 heterocycles. The van der Waals surface area contributed by atoms with Crippen LogP contribution in [-0.2, 0) is 0 Å². The number of methoxy groups -OCH3 is 1. The third-order valence-electron chi connectivity index (χ3n) is 3.84. The number of ether oxygens (including phenoxy) is 1. The smallest absolute Gasteiger partial charge is 0.273 e. The number of carbonyl (C=O) groups excluding carboxylic acids is 1. The van der Waals surface area contributed by atoms with E-state index in [-0.39, 0.29) is 5.91 Å². The van der Waals surface area contributed by atoms with Crippen LogP contribution in [0.15, 0.2) is 66.2 Å². The van der Waals surface area contributed by atoms with E-state index >= 15 is 0 Å². The van der Waals surface area contributed by atoms with Gasteiger partial charge in [-0.15, -0.1) is 11.3 Å². The van der Waals surface area contributed by atoms with Crippen molar-refractivity contribution in [3.8, 4) is 17.0 Å². The molecule has 0 saturated heterocycles. The lowest BCUT2D eigenvalue weighted by Gasteiger charge is -2.06. The van der Waals surface area contributed by atoms with Crippen molar-refractivity contribution in [2.24, 2.45) is 0 Å². The van der Waals surface area contributed by atoms with E-state index in [0.29, 0.717) is 17.1 Å². The standard InChI is InChI=1S/C19H15N3O2S/c1-24-15-9-5-8-14(10-15)20-18(23)17-12-25-19-21-16(11-22(17)19)13-6-3-2-4-7-13/h2-12H,1H3,(H,20,23). The van der Waals surface area contributed by atoms with Crippen LogP contribution >= 0.6 is 11.3 Å². The first-order valence-electron chi connectivity index (χ1n) is 7.72. The summed E-state index contributed by atoms with van der Waals surface area (Å²) in [5.74, 6) is 0.513. The Morgan fingerprint density at radius 3 is 2.80 bits per heavy atom. The van der Waals surface area contributed by atoms with E-state index in [4.69, 9.17) is 4.74 Å². The summed E-state index contributed by atoms with van der Waals surface area (Å²) in [4.78, 5) is 18.0. The van der Waals surface area contributed by atoms with E-state index in [0.717, 1.165) is 16.2 Å². The van der Waals surface area contributed by atoms with Gasteiger partial charge in [-0.3, -0.25) is 9.20 Å². The molecular weight excluding hydrogens is 334 g/mol. The van der Waals surface area contributed by atoms with Gasteiger partial charge in [-0.05, 0) is 12.1 Å². The number of anilines is 1. The first kappa shape index (κ1) is 15.4. The summed E-state index contributed by atoms with van der Waals surface area (Å²) in [6, 6.07) is 17.2. The maximum absolute atomic E-state index is 12.6. The number of fused-ring (bicyclic) bond motifs is 1. The summed E-state index contributed by atoms with van der Waals surface area (Å²) < 4.78 is 7.01. The molecule has 2 aromatic heterocycles. The molecule has 0 unspecified atom stereocenters. The van der Waals surface area contributed by atoms with Gasteiger partial charge in [0.15, 0.2) is 4.96 Å². The summed E-state index contributed by atoms with van der Waals surface area (Å²) in [6.45, 7) is 0. The van der Waals surface area contributed by atoms with Crippen molar-refractivity contribution in [2.75, 3.05) is 12.4 Å². The fourth-order valence-corrected chi connectivity index (χ4v) is 3.44. The van der Waals surface area contributed by atoms with Crippen LogP contribution in [0.3, 0.4) is 0 Å². The highest BCUT2D eigenvalue weighted by atomic mass is 32.1. The Bertz CT molecular complexity index is 1040. The van der Waals surface area contributed by atoms with Crippen LogP contribution in [0.1, 0.15) is 10.5 Å². The largest absolute Gasteiger partial charge is 0.497 e. The average Bonchev–Trinajstić information content (AvgIpc) is 3.23. The molecule has 1 N–H and O–H groups in total. The molecule has 0 aliphatic carbocycles. The van der Waals surface area contributed by atoms with Gasteiger partial charge in [-0.1, -0.05) is 36.4 Å². The summed E-state index contributed by atoms with van der Waals surface area (Å²) in [6.07, 6.45) is 1.89. The van der Waals surface area contributed by atoms with Crippen molar-refractivity contribution in [3.05, 3.63) is 71.9 Å². The highest BCUT2D eigenvalue weighted by Gasteiger charge is 2.15. The summed E-state index contributed by atoms with van der Waals surface area (Å²) in [7, 11) is 1.60. The lowest BCUT2D eigenvalue weighted by atomic mass is 10.2. The number of imidazole rings is 1. The van der Waals surface area contributed by atoms with Crippen LogP contribution < -0.4 is 10.1 Å². The zero-order chi connectivity index (χ0) is 17.2. The molecule has 0 atom stereocenters. The van der Waals surface area contributed by atoms with Crippen molar-refractivity contribution in [1.29, 1.82) is 0 Å². The summed E-state index contributed by atoms with van der Waals surface area (Å²) in [5, 5.41) is 4.71. The molecule has 2 aromatic carbocycles. The van der Waals surface area contributed by atoms with Gasteiger partial charge in [0.05, 0.1) is 12.8 Å². The number of hydrogen-bond donors (Lipinski definition) is 1. The Morgan fingerprint density at radius 1 is 1.16 bits per heavy atom. The van der Waals surface area contributed by atoms with Gasteiger partial charge in [-0.2, -0.15) is 0 Å². The predicted molar refractivity (Wildman–Crippen MR) is 99.5 cm³/mol. The van der Waals surface area contributed by atoms with E-state index in [1.807, 2.05) is 64.5 Å². The Kier molecular flexibility index (Phi) is 3.95. The number of benzene rings is 2. The minimum atomic E-state index is -0.184. The molecule has 25 heavy (non-hydrogen) atoms. The molecule has 0 saturated carbocycles. The average molecular weight is 349 g/mol. The van der Waals surface area contributed by atoms with Crippen LogP contribution in [0.25, 0.3) is 16.2 Å². The van der Waals surface area contributed by atoms with Gasteiger partial charge in [0, 0.05) is 28.9 Å². The third-order valence-corrected chi connectivity index (χ3v) is 4.68. The number of nitrogens with one attached hydrogen (secondary N) is 1. The number of aromatic nitrogens is 2. The number of rotatable bonds is 4. The molecular formula is C19H15N3O2S. The first-order valence-corrected chi connectivity index (χ1v) is 8.60. The fraction of sp³-hybridized carbons (Fsp3) is 0.0526. The van der Waals surface area contributed by atoms with Gasteiger partial charge in [0.25, 0.3) is 5.91 Å². The first-order chi connectivity index (χ1) is 12.2. The lowest BCUT2D eigenvalue weighted by Crippen LogP contribution is -2.13. The van der Waals surface area contributed by atoms with Crippen LogP contribution in [0.4, 0.5) is 5.69 Å². The number of thiazole rings is 1. The molecule has 5 nitrogen and oxygen atoms in total. The molecule has 4 rings (SSSR count). The van der Waals surface area contributed by atoms with Crippen molar-refractivity contribution in [3.63, 3.8) is 0 Å². The monoisotopic (exact) mass is 349 g/mol. The maximum Gasteiger partial charge on any atom is 0.273 e. The van der Waals surface area contributed by atoms with E-state index in [9.17, 15) is 4.79 Å². The number of nitrogens with zero attached hydrogens (tertiary/aromatic N) is 2. The molecule has 6 heteroatoms. The Morgan fingerprint density at radius 2 is 2.00 bits per heavy atom. The van der Waals surface area contributed by atoms with Crippen molar-refractivity contribution in [1.82, 2.24) is 9.38 Å². The van der Waals surface area contributed by atoms with Crippen LogP contribution in [0.2, 0.25) is 0 Å². The highest BCUT2D eigenvalue weighted by molar-refractivity contribution is 7.15. The van der Waals surface area contributed by atoms with Gasteiger partial charge in [-0.25, -0.2) is 4.98 Å². The van der Waals surface area contributed by atoms with Crippen molar-refractivity contribution in [2.45, 2.75) is 0 Å². The summed E-state index contributed by atoms with van der Waals surface area (Å²) >= 11 is 1.44. The Hall–Kier alpha value is -3.12. The fourth-order valence-electron chi connectivity index (χ4n) is 2.59. The van der Waals surface area contributed by atoms with Crippen molar-refractivity contribution >= 4 is 27.9 Å². The lowest BCUT2D eigenvalue weighted by molar-refractivity contribution is 0.102. The third kappa shape index (κ3) is 2.99. The SMILES string of the molecule is COc1cccc(NC(=O)c2csc3nc(-c4ccccc4)cn23)c1. The zero-order valence-corrected chi connectivity index (χ0v) is 14.3.